The molecular weight excluding hydrogens is 214 g/mol. The van der Waals surface area contributed by atoms with E-state index in [2.05, 4.69) is 4.57 Å². The average Bonchev–Trinajstić information content (AvgIpc) is 3.06. The van der Waals surface area contributed by atoms with E-state index in [0.29, 0.717) is 18.2 Å². The van der Waals surface area contributed by atoms with Gasteiger partial charge in [0.15, 0.2) is 0 Å². The number of esters is 1. The summed E-state index contributed by atoms with van der Waals surface area (Å²) in [7, 11) is 0. The van der Waals surface area contributed by atoms with Gasteiger partial charge in [-0.15, -0.1) is 0 Å². The van der Waals surface area contributed by atoms with Gasteiger partial charge in [0, 0.05) is 17.4 Å². The lowest BCUT2D eigenvalue weighted by Gasteiger charge is -2.07. The minimum absolute atomic E-state index is 0.219. The van der Waals surface area contributed by atoms with Gasteiger partial charge < -0.3 is 9.30 Å². The van der Waals surface area contributed by atoms with Crippen LogP contribution in [0.4, 0.5) is 0 Å². The fourth-order valence-corrected chi connectivity index (χ4v) is 2.18. The summed E-state index contributed by atoms with van der Waals surface area (Å²) >= 11 is 0. The molecule has 0 spiro atoms. The van der Waals surface area contributed by atoms with Crippen LogP contribution in [-0.2, 0) is 4.74 Å². The van der Waals surface area contributed by atoms with E-state index < -0.39 is 0 Å². The molecule has 1 fully saturated rings. The van der Waals surface area contributed by atoms with Crippen molar-refractivity contribution in [1.82, 2.24) is 4.57 Å². The van der Waals surface area contributed by atoms with E-state index in [4.69, 9.17) is 4.74 Å². The van der Waals surface area contributed by atoms with Crippen molar-refractivity contribution in [1.29, 1.82) is 0 Å². The normalized spacial score (nSPS) is 15.5. The van der Waals surface area contributed by atoms with Crippen molar-refractivity contribution in [3.63, 3.8) is 0 Å². The van der Waals surface area contributed by atoms with Crippen LogP contribution in [0.2, 0.25) is 0 Å². The molecular formula is C14H19NO2. The predicted octanol–water partition coefficient (Wildman–Crippen LogP) is 3.17. The molecule has 3 nitrogen and oxygen atoms in total. The van der Waals surface area contributed by atoms with Gasteiger partial charge in [-0.2, -0.15) is 0 Å². The highest BCUT2D eigenvalue weighted by molar-refractivity contribution is 5.91. The van der Waals surface area contributed by atoms with Gasteiger partial charge in [0.2, 0.25) is 0 Å². The monoisotopic (exact) mass is 233 g/mol. The minimum atomic E-state index is -0.219. The fourth-order valence-electron chi connectivity index (χ4n) is 2.18. The third-order valence-corrected chi connectivity index (χ3v) is 3.16. The highest BCUT2D eigenvalue weighted by atomic mass is 16.5. The number of hydrogen-bond acceptors (Lipinski definition) is 2. The van der Waals surface area contributed by atoms with Crippen molar-refractivity contribution in [2.75, 3.05) is 6.61 Å². The number of rotatable bonds is 4. The molecule has 0 aliphatic heterocycles. The molecule has 0 bridgehead atoms. The van der Waals surface area contributed by atoms with Gasteiger partial charge in [-0.3, -0.25) is 0 Å². The van der Waals surface area contributed by atoms with Crippen LogP contribution in [0.25, 0.3) is 0 Å². The molecule has 92 valence electrons. The standard InChI is InChI=1S/C14H19NO2/c1-4-5-8-17-14(16)13-9-10(2)15(11(13)3)12-6-7-12/h4-5,9,12H,6-8H2,1-3H3/b5-4+. The molecule has 0 saturated heterocycles. The largest absolute Gasteiger partial charge is 0.458 e. The maximum atomic E-state index is 11.9. The Morgan fingerprint density at radius 3 is 2.82 bits per heavy atom. The number of aromatic nitrogens is 1. The lowest BCUT2D eigenvalue weighted by Crippen LogP contribution is -2.07. The number of hydrogen-bond donors (Lipinski definition) is 0. The van der Waals surface area contributed by atoms with Crippen molar-refractivity contribution in [3.05, 3.63) is 35.2 Å². The Labute approximate surface area is 102 Å². The average molecular weight is 233 g/mol. The van der Waals surface area contributed by atoms with E-state index in [1.165, 1.54) is 12.8 Å². The van der Waals surface area contributed by atoms with Gasteiger partial charge in [0.1, 0.15) is 6.61 Å². The first-order chi connectivity index (χ1) is 8.15. The molecule has 0 radical (unpaired) electrons. The van der Waals surface area contributed by atoms with Crippen LogP contribution >= 0.6 is 0 Å². The zero-order chi connectivity index (χ0) is 12.4. The molecule has 1 aromatic heterocycles. The van der Waals surface area contributed by atoms with E-state index >= 15 is 0 Å². The third-order valence-electron chi connectivity index (χ3n) is 3.16. The second-order valence-electron chi connectivity index (χ2n) is 4.55. The minimum Gasteiger partial charge on any atom is -0.458 e. The third kappa shape index (κ3) is 2.43. The molecule has 0 amide bonds. The van der Waals surface area contributed by atoms with E-state index in [9.17, 15) is 4.79 Å². The van der Waals surface area contributed by atoms with Crippen molar-refractivity contribution in [2.45, 2.75) is 39.7 Å². The number of ether oxygens (including phenoxy) is 1. The second kappa shape index (κ2) is 4.78. The molecule has 0 unspecified atom stereocenters. The molecule has 0 atom stereocenters. The number of nitrogens with zero attached hydrogens (tertiary/aromatic N) is 1. The van der Waals surface area contributed by atoms with E-state index in [1.54, 1.807) is 0 Å². The Kier molecular flexibility index (Phi) is 3.36. The predicted molar refractivity (Wildman–Crippen MR) is 67.3 cm³/mol. The van der Waals surface area contributed by atoms with Gasteiger partial charge in [0.25, 0.3) is 0 Å². The molecule has 1 aromatic rings. The Bertz CT molecular complexity index is 453. The Balaban J connectivity index is 2.15. The van der Waals surface area contributed by atoms with Crippen LogP contribution in [0.15, 0.2) is 18.2 Å². The second-order valence-corrected chi connectivity index (χ2v) is 4.55. The van der Waals surface area contributed by atoms with Crippen LogP contribution in [-0.4, -0.2) is 17.1 Å². The summed E-state index contributed by atoms with van der Waals surface area (Å²) in [6.07, 6.45) is 6.16. The summed E-state index contributed by atoms with van der Waals surface area (Å²) in [6, 6.07) is 2.54. The van der Waals surface area contributed by atoms with Gasteiger partial charge in [0.05, 0.1) is 5.56 Å². The number of carbonyl (C=O) groups excluding carboxylic acids is 1. The molecule has 17 heavy (non-hydrogen) atoms. The first-order valence-corrected chi connectivity index (χ1v) is 6.12. The highest BCUT2D eigenvalue weighted by Gasteiger charge is 2.28. The number of aryl methyl sites for hydroxylation is 1. The van der Waals surface area contributed by atoms with Crippen molar-refractivity contribution in [3.8, 4) is 0 Å². The maximum absolute atomic E-state index is 11.9. The maximum Gasteiger partial charge on any atom is 0.340 e. The van der Waals surface area contributed by atoms with Crippen LogP contribution in [0.3, 0.4) is 0 Å². The van der Waals surface area contributed by atoms with Crippen molar-refractivity contribution in [2.24, 2.45) is 0 Å². The molecule has 0 N–H and O–H groups in total. The summed E-state index contributed by atoms with van der Waals surface area (Å²) < 4.78 is 7.43. The molecule has 0 aromatic carbocycles. The molecule has 2 rings (SSSR count). The van der Waals surface area contributed by atoms with Gasteiger partial charge in [-0.05, 0) is 39.7 Å². The topological polar surface area (TPSA) is 31.2 Å². The van der Waals surface area contributed by atoms with Crippen molar-refractivity contribution >= 4 is 5.97 Å². The molecule has 3 heteroatoms. The van der Waals surface area contributed by atoms with Gasteiger partial charge in [-0.1, -0.05) is 12.2 Å². The van der Waals surface area contributed by atoms with Crippen LogP contribution in [0.1, 0.15) is 47.6 Å². The smallest absolute Gasteiger partial charge is 0.340 e. The zero-order valence-corrected chi connectivity index (χ0v) is 10.7. The lowest BCUT2D eigenvalue weighted by molar-refractivity contribution is 0.0548. The van der Waals surface area contributed by atoms with E-state index in [0.717, 1.165) is 11.4 Å². The summed E-state index contributed by atoms with van der Waals surface area (Å²) in [5.74, 6) is -0.219. The first kappa shape index (κ1) is 12.0. The Morgan fingerprint density at radius 2 is 2.24 bits per heavy atom. The SMILES string of the molecule is C/C=C/COC(=O)c1cc(C)n(C2CC2)c1C. The van der Waals surface area contributed by atoms with Crippen LogP contribution < -0.4 is 0 Å². The van der Waals surface area contributed by atoms with Crippen LogP contribution in [0, 0.1) is 13.8 Å². The van der Waals surface area contributed by atoms with Gasteiger partial charge in [-0.25, -0.2) is 4.79 Å². The van der Waals surface area contributed by atoms with E-state index in [-0.39, 0.29) is 5.97 Å². The molecule has 1 aliphatic rings. The molecule has 1 heterocycles. The fraction of sp³-hybridized carbons (Fsp3) is 0.500. The Morgan fingerprint density at radius 1 is 1.53 bits per heavy atom. The van der Waals surface area contributed by atoms with Crippen molar-refractivity contribution < 1.29 is 9.53 Å². The number of carbonyl (C=O) groups is 1. The van der Waals surface area contributed by atoms with E-state index in [1.807, 2.05) is 39.0 Å². The Hall–Kier alpha value is -1.51. The summed E-state index contributed by atoms with van der Waals surface area (Å²) in [5, 5.41) is 0. The summed E-state index contributed by atoms with van der Waals surface area (Å²) in [4.78, 5) is 11.9. The van der Waals surface area contributed by atoms with Crippen LogP contribution in [0.5, 0.6) is 0 Å². The first-order valence-electron chi connectivity index (χ1n) is 6.12. The lowest BCUT2D eigenvalue weighted by atomic mass is 10.2. The van der Waals surface area contributed by atoms with Gasteiger partial charge >= 0.3 is 5.97 Å². The molecule has 1 aliphatic carbocycles. The highest BCUT2D eigenvalue weighted by Crippen LogP contribution is 2.38. The quantitative estimate of drug-likeness (QED) is 0.591. The number of allylic oxidation sites excluding steroid dienone is 1. The zero-order valence-electron chi connectivity index (χ0n) is 10.7. The molecule has 1 saturated carbocycles. The summed E-state index contributed by atoms with van der Waals surface area (Å²) in [5.41, 5.74) is 2.90. The summed E-state index contributed by atoms with van der Waals surface area (Å²) in [6.45, 7) is 6.31.